The van der Waals surface area contributed by atoms with Gasteiger partial charge >= 0.3 is 0 Å². The zero-order valence-corrected chi connectivity index (χ0v) is 12.2. The number of carbonyl (C=O) groups is 1. The van der Waals surface area contributed by atoms with Crippen molar-refractivity contribution < 1.29 is 4.79 Å². The maximum Gasteiger partial charge on any atom is 0.220 e. The predicted molar refractivity (Wildman–Crippen MR) is 76.7 cm³/mol. The van der Waals surface area contributed by atoms with Gasteiger partial charge in [0.1, 0.15) is 0 Å². The van der Waals surface area contributed by atoms with E-state index < -0.39 is 0 Å². The van der Waals surface area contributed by atoms with Crippen LogP contribution < -0.4 is 5.32 Å². The number of hydrogen-bond acceptors (Lipinski definition) is 1. The lowest BCUT2D eigenvalue weighted by Gasteiger charge is -2.19. The molecule has 0 bridgehead atoms. The second kappa shape index (κ2) is 6.03. The summed E-state index contributed by atoms with van der Waals surface area (Å²) in [5.41, 5.74) is 2.74. The molecule has 0 aromatic heterocycles. The first-order valence-electron chi connectivity index (χ1n) is 6.68. The van der Waals surface area contributed by atoms with Crippen LogP contribution in [0.5, 0.6) is 0 Å². The van der Waals surface area contributed by atoms with Crippen LogP contribution in [-0.4, -0.2) is 11.9 Å². The first-order chi connectivity index (χ1) is 8.29. The third-order valence-electron chi connectivity index (χ3n) is 2.91. The first kappa shape index (κ1) is 14.7. The average Bonchev–Trinajstić information content (AvgIpc) is 2.25. The molecule has 0 saturated carbocycles. The second-order valence-corrected chi connectivity index (χ2v) is 6.17. The zero-order valence-electron chi connectivity index (χ0n) is 12.2. The fraction of sp³-hybridized carbons (Fsp3) is 0.562. The van der Waals surface area contributed by atoms with Gasteiger partial charge in [0.2, 0.25) is 5.91 Å². The lowest BCUT2D eigenvalue weighted by atomic mass is 9.86. The van der Waals surface area contributed by atoms with Gasteiger partial charge < -0.3 is 5.32 Å². The summed E-state index contributed by atoms with van der Waals surface area (Å²) in [6, 6.07) is 8.80. The Morgan fingerprint density at radius 1 is 1.17 bits per heavy atom. The number of carbonyl (C=O) groups excluding carboxylic acids is 1. The first-order valence-corrected chi connectivity index (χ1v) is 6.68. The summed E-state index contributed by atoms with van der Waals surface area (Å²) in [4.78, 5) is 11.5. The highest BCUT2D eigenvalue weighted by Crippen LogP contribution is 2.22. The van der Waals surface area contributed by atoms with Crippen molar-refractivity contribution in [1.29, 1.82) is 0 Å². The molecule has 1 N–H and O–H groups in total. The molecule has 0 unspecified atom stereocenters. The molecule has 2 heteroatoms. The van der Waals surface area contributed by atoms with E-state index in [1.165, 1.54) is 11.1 Å². The summed E-state index contributed by atoms with van der Waals surface area (Å²) in [7, 11) is 0. The Bertz CT molecular complexity index is 385. The number of hydrogen-bond donors (Lipinski definition) is 1. The molecule has 0 saturated heterocycles. The van der Waals surface area contributed by atoms with Crippen molar-refractivity contribution in [3.63, 3.8) is 0 Å². The van der Waals surface area contributed by atoms with Gasteiger partial charge in [-0.05, 0) is 36.8 Å². The molecular formula is C16H25NO. The van der Waals surface area contributed by atoms with E-state index in [1.807, 2.05) is 13.8 Å². The fourth-order valence-electron chi connectivity index (χ4n) is 1.82. The molecule has 1 rings (SSSR count). The highest BCUT2D eigenvalue weighted by Gasteiger charge is 2.12. The molecule has 0 aliphatic heterocycles. The molecule has 0 heterocycles. The van der Waals surface area contributed by atoms with Crippen LogP contribution >= 0.6 is 0 Å². The number of aryl methyl sites for hydroxylation is 1. The summed E-state index contributed by atoms with van der Waals surface area (Å²) in [5, 5.41) is 2.91. The molecule has 1 aromatic carbocycles. The standard InChI is InChI=1S/C16H25NO/c1-12(2)17-15(18)11-8-13-6-9-14(10-7-13)16(3,4)5/h6-7,9-10,12H,8,11H2,1-5H3,(H,17,18). The van der Waals surface area contributed by atoms with Gasteiger partial charge in [-0.3, -0.25) is 4.79 Å². The van der Waals surface area contributed by atoms with Gasteiger partial charge in [0.15, 0.2) is 0 Å². The Kier molecular flexibility index (Phi) is 4.94. The number of benzene rings is 1. The highest BCUT2D eigenvalue weighted by molar-refractivity contribution is 5.76. The smallest absolute Gasteiger partial charge is 0.220 e. The molecule has 0 radical (unpaired) electrons. The minimum absolute atomic E-state index is 0.130. The minimum Gasteiger partial charge on any atom is -0.354 e. The zero-order chi connectivity index (χ0) is 13.8. The minimum atomic E-state index is 0.130. The van der Waals surface area contributed by atoms with Gasteiger partial charge in [-0.1, -0.05) is 45.0 Å². The number of rotatable bonds is 4. The van der Waals surface area contributed by atoms with Gasteiger partial charge in [0.05, 0.1) is 0 Å². The molecular weight excluding hydrogens is 222 g/mol. The molecule has 2 nitrogen and oxygen atoms in total. The van der Waals surface area contributed by atoms with Crippen LogP contribution in [-0.2, 0) is 16.6 Å². The van der Waals surface area contributed by atoms with Crippen molar-refractivity contribution in [2.24, 2.45) is 0 Å². The summed E-state index contributed by atoms with van der Waals surface area (Å²) in [5.74, 6) is 0.130. The van der Waals surface area contributed by atoms with Crippen molar-refractivity contribution in [3.8, 4) is 0 Å². The summed E-state index contributed by atoms with van der Waals surface area (Å²) in [6.07, 6.45) is 1.37. The summed E-state index contributed by atoms with van der Waals surface area (Å²) in [6.45, 7) is 10.6. The lowest BCUT2D eigenvalue weighted by molar-refractivity contribution is -0.121. The predicted octanol–water partition coefficient (Wildman–Crippen LogP) is 3.44. The largest absolute Gasteiger partial charge is 0.354 e. The second-order valence-electron chi connectivity index (χ2n) is 6.17. The van der Waals surface area contributed by atoms with Crippen LogP contribution in [0.25, 0.3) is 0 Å². The Morgan fingerprint density at radius 2 is 1.72 bits per heavy atom. The van der Waals surface area contributed by atoms with Crippen LogP contribution in [0.1, 0.15) is 52.2 Å². The Morgan fingerprint density at radius 3 is 2.17 bits per heavy atom. The molecule has 1 aromatic rings. The molecule has 0 atom stereocenters. The molecule has 0 aliphatic rings. The van der Waals surface area contributed by atoms with Crippen molar-refractivity contribution in [3.05, 3.63) is 35.4 Å². The van der Waals surface area contributed by atoms with Crippen molar-refractivity contribution >= 4 is 5.91 Å². The SMILES string of the molecule is CC(C)NC(=O)CCc1ccc(C(C)(C)C)cc1. The monoisotopic (exact) mass is 247 g/mol. The van der Waals surface area contributed by atoms with Crippen molar-refractivity contribution in [2.45, 2.75) is 58.9 Å². The average molecular weight is 247 g/mol. The molecule has 0 aliphatic carbocycles. The Balaban J connectivity index is 2.52. The Hall–Kier alpha value is -1.31. The van der Waals surface area contributed by atoms with Crippen LogP contribution in [0.4, 0.5) is 0 Å². The number of nitrogens with one attached hydrogen (secondary N) is 1. The van der Waals surface area contributed by atoms with Crippen LogP contribution in [0.3, 0.4) is 0 Å². The molecule has 100 valence electrons. The molecule has 0 fully saturated rings. The maximum atomic E-state index is 11.5. The van der Waals surface area contributed by atoms with Crippen LogP contribution in [0.2, 0.25) is 0 Å². The van der Waals surface area contributed by atoms with Gasteiger partial charge in [-0.2, -0.15) is 0 Å². The van der Waals surface area contributed by atoms with E-state index in [9.17, 15) is 4.79 Å². The Labute approximate surface area is 111 Å². The van der Waals surface area contributed by atoms with E-state index in [1.54, 1.807) is 0 Å². The number of amides is 1. The van der Waals surface area contributed by atoms with E-state index in [-0.39, 0.29) is 17.4 Å². The summed E-state index contributed by atoms with van der Waals surface area (Å²) < 4.78 is 0. The van der Waals surface area contributed by atoms with E-state index in [4.69, 9.17) is 0 Å². The van der Waals surface area contributed by atoms with Gasteiger partial charge in [-0.15, -0.1) is 0 Å². The normalized spacial score (nSPS) is 11.7. The fourth-order valence-corrected chi connectivity index (χ4v) is 1.82. The topological polar surface area (TPSA) is 29.1 Å². The molecule has 18 heavy (non-hydrogen) atoms. The van der Waals surface area contributed by atoms with E-state index >= 15 is 0 Å². The maximum absolute atomic E-state index is 11.5. The quantitative estimate of drug-likeness (QED) is 0.867. The van der Waals surface area contributed by atoms with Crippen LogP contribution in [0, 0.1) is 0 Å². The van der Waals surface area contributed by atoms with E-state index in [0.29, 0.717) is 6.42 Å². The van der Waals surface area contributed by atoms with Crippen molar-refractivity contribution in [2.75, 3.05) is 0 Å². The van der Waals surface area contributed by atoms with E-state index in [2.05, 4.69) is 50.4 Å². The summed E-state index contributed by atoms with van der Waals surface area (Å²) >= 11 is 0. The van der Waals surface area contributed by atoms with Gasteiger partial charge in [0.25, 0.3) is 0 Å². The van der Waals surface area contributed by atoms with Crippen LogP contribution in [0.15, 0.2) is 24.3 Å². The van der Waals surface area contributed by atoms with Crippen molar-refractivity contribution in [1.82, 2.24) is 5.32 Å². The van der Waals surface area contributed by atoms with Gasteiger partial charge in [-0.25, -0.2) is 0 Å². The third kappa shape index (κ3) is 4.91. The molecule has 1 amide bonds. The lowest BCUT2D eigenvalue weighted by Crippen LogP contribution is -2.30. The van der Waals surface area contributed by atoms with E-state index in [0.717, 1.165) is 6.42 Å². The van der Waals surface area contributed by atoms with Gasteiger partial charge in [0, 0.05) is 12.5 Å². The molecule has 0 spiro atoms. The third-order valence-corrected chi connectivity index (χ3v) is 2.91. The highest BCUT2D eigenvalue weighted by atomic mass is 16.1.